The van der Waals surface area contributed by atoms with Gasteiger partial charge in [0.05, 0.1) is 11.8 Å². The van der Waals surface area contributed by atoms with E-state index < -0.39 is 29.7 Å². The van der Waals surface area contributed by atoms with Gasteiger partial charge in [-0.25, -0.2) is 9.67 Å². The van der Waals surface area contributed by atoms with Crippen LogP contribution in [0.2, 0.25) is 0 Å². The molecule has 0 spiro atoms. The highest BCUT2D eigenvalue weighted by Crippen LogP contribution is 2.31. The molecule has 1 atom stereocenters. The van der Waals surface area contributed by atoms with E-state index in [-0.39, 0.29) is 30.9 Å². The number of hydrogen-bond donors (Lipinski definition) is 4. The summed E-state index contributed by atoms with van der Waals surface area (Å²) >= 11 is 0. The molecular weight excluding hydrogens is 787 g/mol. The summed E-state index contributed by atoms with van der Waals surface area (Å²) in [6.07, 6.45) is 6.17. The quantitative estimate of drug-likeness (QED) is 0.134. The van der Waals surface area contributed by atoms with E-state index in [1.54, 1.807) is 22.9 Å². The van der Waals surface area contributed by atoms with E-state index in [1.807, 2.05) is 30.3 Å². The summed E-state index contributed by atoms with van der Waals surface area (Å²) in [6, 6.07) is 18.9. The molecule has 6 heterocycles. The number of para-hydroxylation sites is 1. The molecule has 1 unspecified atom stereocenters. The summed E-state index contributed by atoms with van der Waals surface area (Å²) in [5.41, 5.74) is 8.99. The first-order chi connectivity index (χ1) is 29.9. The molecule has 4 aliphatic rings. The number of amides is 5. The van der Waals surface area contributed by atoms with Crippen LogP contribution in [0.3, 0.4) is 0 Å². The minimum atomic E-state index is -1.03. The molecule has 3 aromatic carbocycles. The van der Waals surface area contributed by atoms with E-state index in [4.69, 9.17) is 10.1 Å². The molecule has 4 aliphatic heterocycles. The van der Waals surface area contributed by atoms with Gasteiger partial charge in [0.25, 0.3) is 11.8 Å². The molecule has 0 radical (unpaired) electrons. The fourth-order valence-corrected chi connectivity index (χ4v) is 9.03. The van der Waals surface area contributed by atoms with Crippen molar-refractivity contribution in [1.82, 2.24) is 39.8 Å². The molecule has 2 saturated heterocycles. The van der Waals surface area contributed by atoms with Gasteiger partial charge in [-0.3, -0.25) is 39.1 Å². The normalized spacial score (nSPS) is 18.5. The second-order valence-corrected chi connectivity index (χ2v) is 16.8. The first kappa shape index (κ1) is 40.5. The second kappa shape index (κ2) is 16.8. The molecule has 5 aromatic rings. The highest BCUT2D eigenvalue weighted by Gasteiger charge is 2.42. The van der Waals surface area contributed by atoms with Gasteiger partial charge < -0.3 is 20.9 Å². The minimum absolute atomic E-state index is 0.0322. The maximum Gasteiger partial charge on any atom is 0.278 e. The molecule has 5 amide bonds. The van der Waals surface area contributed by atoms with Crippen LogP contribution in [0.5, 0.6) is 0 Å². The van der Waals surface area contributed by atoms with Gasteiger partial charge in [-0.2, -0.15) is 10.1 Å². The number of nitrogens with zero attached hydrogens (tertiary/aromatic N) is 7. The Hall–Kier alpha value is -6.94. The molecule has 16 heteroatoms. The van der Waals surface area contributed by atoms with E-state index in [0.717, 1.165) is 94.8 Å². The van der Waals surface area contributed by atoms with Crippen LogP contribution < -0.4 is 21.3 Å². The molecule has 2 aromatic heterocycles. The molecule has 62 heavy (non-hydrogen) atoms. The smallest absolute Gasteiger partial charge is 0.278 e. The summed E-state index contributed by atoms with van der Waals surface area (Å²) in [4.78, 5) is 78.0. The number of benzene rings is 3. The summed E-state index contributed by atoms with van der Waals surface area (Å²) in [7, 11) is 1.89. The number of likely N-dealkylation sites (tertiary alicyclic amines) is 1. The van der Waals surface area contributed by atoms with E-state index in [1.165, 1.54) is 11.1 Å². The van der Waals surface area contributed by atoms with Gasteiger partial charge in [0.15, 0.2) is 11.5 Å². The van der Waals surface area contributed by atoms with Crippen molar-refractivity contribution in [1.29, 1.82) is 0 Å². The number of aromatic nitrogens is 4. The number of aryl methyl sites for hydroxylation is 3. The predicted molar refractivity (Wildman–Crippen MR) is 233 cm³/mol. The Balaban J connectivity index is 0.757. The third-order valence-corrected chi connectivity index (χ3v) is 12.4. The average Bonchev–Trinajstić information content (AvgIpc) is 3.71. The van der Waals surface area contributed by atoms with Crippen molar-refractivity contribution < 1.29 is 24.0 Å². The lowest BCUT2D eigenvalue weighted by atomic mass is 9.93. The molecular formula is C46H49N11O5. The fourth-order valence-electron chi connectivity index (χ4n) is 9.03. The van der Waals surface area contributed by atoms with Crippen LogP contribution in [0.15, 0.2) is 78.6 Å². The summed E-state index contributed by atoms with van der Waals surface area (Å²) < 4.78 is 1.77. The highest BCUT2D eigenvalue weighted by molar-refractivity contribution is 6.20. The number of imide groups is 2. The number of rotatable bonds is 11. The predicted octanol–water partition coefficient (Wildman–Crippen LogP) is 4.78. The van der Waals surface area contributed by atoms with Crippen molar-refractivity contribution in [2.24, 2.45) is 13.0 Å². The summed E-state index contributed by atoms with van der Waals surface area (Å²) in [6.45, 7) is 8.38. The van der Waals surface area contributed by atoms with Gasteiger partial charge >= 0.3 is 0 Å². The Morgan fingerprint density at radius 3 is 2.42 bits per heavy atom. The number of carbonyl (C=O) groups excluding carboxylic acids is 5. The van der Waals surface area contributed by atoms with Crippen LogP contribution in [-0.2, 0) is 50.4 Å². The van der Waals surface area contributed by atoms with Crippen LogP contribution in [0.1, 0.15) is 53.5 Å². The lowest BCUT2D eigenvalue weighted by molar-refractivity contribution is -0.149. The zero-order valence-electron chi connectivity index (χ0n) is 35.0. The minimum Gasteiger partial charge on any atom is -0.351 e. The van der Waals surface area contributed by atoms with Gasteiger partial charge in [0, 0.05) is 75.5 Å². The Morgan fingerprint density at radius 1 is 0.855 bits per heavy atom. The molecule has 9 rings (SSSR count). The number of piperidine rings is 2. The Morgan fingerprint density at radius 2 is 1.63 bits per heavy atom. The monoisotopic (exact) mass is 835 g/mol. The molecule has 0 aliphatic carbocycles. The van der Waals surface area contributed by atoms with Crippen molar-refractivity contribution >= 4 is 69.4 Å². The van der Waals surface area contributed by atoms with E-state index in [0.29, 0.717) is 30.6 Å². The Bertz CT molecular complexity index is 2640. The van der Waals surface area contributed by atoms with E-state index >= 15 is 0 Å². The highest BCUT2D eigenvalue weighted by atomic mass is 16.2. The molecule has 318 valence electrons. The third kappa shape index (κ3) is 8.37. The van der Waals surface area contributed by atoms with E-state index in [9.17, 15) is 24.0 Å². The second-order valence-electron chi connectivity index (χ2n) is 16.8. The summed E-state index contributed by atoms with van der Waals surface area (Å²) in [5.74, 6) is -0.573. The first-order valence-corrected chi connectivity index (χ1v) is 21.2. The lowest BCUT2D eigenvalue weighted by Crippen LogP contribution is -2.54. The largest absolute Gasteiger partial charge is 0.351 e. The fraction of sp³-hybridized carbons (Fsp3) is 0.348. The molecule has 4 N–H and O–H groups in total. The van der Waals surface area contributed by atoms with Gasteiger partial charge in [0.2, 0.25) is 23.7 Å². The maximum atomic E-state index is 13.5. The summed E-state index contributed by atoms with van der Waals surface area (Å²) in [5, 5.41) is 17.7. The van der Waals surface area contributed by atoms with Crippen LogP contribution in [0.25, 0.3) is 11.0 Å². The Labute approximate surface area is 358 Å². The van der Waals surface area contributed by atoms with Crippen LogP contribution in [-0.4, -0.2) is 96.2 Å². The van der Waals surface area contributed by atoms with Crippen molar-refractivity contribution in [3.63, 3.8) is 0 Å². The zero-order chi connectivity index (χ0) is 43.1. The van der Waals surface area contributed by atoms with Crippen molar-refractivity contribution in [3.05, 3.63) is 106 Å². The van der Waals surface area contributed by atoms with Gasteiger partial charge in [-0.05, 0) is 97.5 Å². The van der Waals surface area contributed by atoms with Crippen molar-refractivity contribution in [2.75, 3.05) is 42.1 Å². The Kier molecular flexibility index (Phi) is 11.0. The zero-order valence-corrected chi connectivity index (χ0v) is 35.0. The van der Waals surface area contributed by atoms with Gasteiger partial charge in [0.1, 0.15) is 11.7 Å². The third-order valence-electron chi connectivity index (χ3n) is 12.4. The van der Waals surface area contributed by atoms with Crippen molar-refractivity contribution in [3.8, 4) is 0 Å². The number of anilines is 5. The SMILES string of the molecule is Cc1cccc(C)c1Nc1nn(C)c2nc(Nc3ccc4c(c3)CN(CC3CCN(C(=O)Cc5cccc(NC6=CC(=O)N(C7CCC(=O)NC7=O)C6=O)c5)CC3)CC4)ncc12. The first-order valence-electron chi connectivity index (χ1n) is 21.2. The number of carbonyl (C=O) groups is 5. The number of nitrogens with one attached hydrogen (secondary N) is 4. The van der Waals surface area contributed by atoms with Gasteiger partial charge in [-0.1, -0.05) is 36.4 Å². The van der Waals surface area contributed by atoms with Crippen LogP contribution in [0.4, 0.5) is 28.8 Å². The number of hydrogen-bond acceptors (Lipinski definition) is 12. The molecule has 0 saturated carbocycles. The standard InChI is InChI=1S/C46H49N11O5/c1-27-6-4-7-28(2)41(27)51-42-35-24-47-46(52-43(35)54(3)53-42)49-34-11-10-31-16-17-55(26-32(31)22-34)25-29-14-18-56(19-15-29)39(59)21-30-8-5-9-33(20-30)48-36-23-40(60)57(45(36)62)37-12-13-38(58)50-44(37)61/h4-11,20,22-24,29,37,48H,12-19,21,25-26H2,1-3H3,(H,51,53)(H,47,49,52)(H,50,58,61). The molecule has 16 nitrogen and oxygen atoms in total. The molecule has 2 fully saturated rings. The van der Waals surface area contributed by atoms with E-state index in [2.05, 4.69) is 75.3 Å². The van der Waals surface area contributed by atoms with Crippen molar-refractivity contribution in [2.45, 2.75) is 65.0 Å². The average molecular weight is 836 g/mol. The van der Waals surface area contributed by atoms with Crippen LogP contribution in [0, 0.1) is 19.8 Å². The van der Waals surface area contributed by atoms with Crippen LogP contribution >= 0.6 is 0 Å². The topological polar surface area (TPSA) is 187 Å². The maximum absolute atomic E-state index is 13.5. The number of fused-ring (bicyclic) bond motifs is 2. The van der Waals surface area contributed by atoms with Gasteiger partial charge in [-0.15, -0.1) is 0 Å². The lowest BCUT2D eigenvalue weighted by Gasteiger charge is -2.36. The molecule has 0 bridgehead atoms.